The van der Waals surface area contributed by atoms with Crippen molar-refractivity contribution < 1.29 is 9.90 Å². The summed E-state index contributed by atoms with van der Waals surface area (Å²) in [7, 11) is 0. The Hall–Kier alpha value is -2.63. The molecule has 1 fully saturated rings. The van der Waals surface area contributed by atoms with Gasteiger partial charge in [0.25, 0.3) is 0 Å². The molecule has 2 aliphatic rings. The molecule has 29 heavy (non-hydrogen) atoms. The second kappa shape index (κ2) is 8.01. The van der Waals surface area contributed by atoms with Crippen LogP contribution in [-0.2, 0) is 16.8 Å². The standard InChI is InChI=1S/C23H24ClN3O2/c1-16-2-4-18-14-17(15-25-22(18)26-16)3-9-21(28)27-12-10-23(29,11-13-27)19-5-7-20(24)8-6-19/h3,5-9,14-15,29H,1-2,4,10-13H2,(H,25,26)/b9-3+. The van der Waals surface area contributed by atoms with Crippen molar-refractivity contribution in [3.8, 4) is 0 Å². The first-order valence-corrected chi connectivity index (χ1v) is 10.2. The summed E-state index contributed by atoms with van der Waals surface area (Å²) in [6, 6.07) is 9.33. The minimum absolute atomic E-state index is 0.0487. The van der Waals surface area contributed by atoms with Crippen molar-refractivity contribution in [3.05, 3.63) is 76.6 Å². The quantitative estimate of drug-likeness (QED) is 0.748. The van der Waals surface area contributed by atoms with Gasteiger partial charge in [0, 0.05) is 36.1 Å². The van der Waals surface area contributed by atoms with Crippen LogP contribution < -0.4 is 5.32 Å². The number of aliphatic hydroxyl groups is 1. The van der Waals surface area contributed by atoms with E-state index < -0.39 is 5.60 Å². The van der Waals surface area contributed by atoms with Gasteiger partial charge < -0.3 is 15.3 Å². The largest absolute Gasteiger partial charge is 0.385 e. The zero-order chi connectivity index (χ0) is 20.4. The van der Waals surface area contributed by atoms with Gasteiger partial charge in [0.2, 0.25) is 5.91 Å². The first-order valence-electron chi connectivity index (χ1n) is 9.82. The number of allylic oxidation sites excluding steroid dienone is 1. The van der Waals surface area contributed by atoms with Crippen molar-refractivity contribution in [2.24, 2.45) is 0 Å². The van der Waals surface area contributed by atoms with E-state index in [1.54, 1.807) is 35.4 Å². The van der Waals surface area contributed by atoms with Gasteiger partial charge in [-0.15, -0.1) is 0 Å². The van der Waals surface area contributed by atoms with Gasteiger partial charge in [-0.3, -0.25) is 4.79 Å². The number of pyridine rings is 1. The summed E-state index contributed by atoms with van der Waals surface area (Å²) >= 11 is 5.94. The molecule has 2 N–H and O–H groups in total. The number of piperidine rings is 1. The maximum atomic E-state index is 12.6. The third-order valence-corrected chi connectivity index (χ3v) is 5.93. The number of hydrogen-bond donors (Lipinski definition) is 2. The van der Waals surface area contributed by atoms with Gasteiger partial charge in [0.15, 0.2) is 0 Å². The van der Waals surface area contributed by atoms with Crippen LogP contribution in [0.25, 0.3) is 6.08 Å². The smallest absolute Gasteiger partial charge is 0.246 e. The van der Waals surface area contributed by atoms with Gasteiger partial charge in [-0.05, 0) is 66.6 Å². The number of nitrogens with one attached hydrogen (secondary N) is 1. The summed E-state index contributed by atoms with van der Waals surface area (Å²) in [6.45, 7) is 4.96. The predicted molar refractivity (Wildman–Crippen MR) is 116 cm³/mol. The number of nitrogens with zero attached hydrogens (tertiary/aromatic N) is 2. The average Bonchev–Trinajstić information content (AvgIpc) is 2.73. The Kier molecular flexibility index (Phi) is 5.43. The van der Waals surface area contributed by atoms with Gasteiger partial charge in [-0.1, -0.05) is 30.3 Å². The summed E-state index contributed by atoms with van der Waals surface area (Å²) in [4.78, 5) is 18.8. The number of likely N-dealkylation sites (tertiary alicyclic amines) is 1. The van der Waals surface area contributed by atoms with E-state index in [2.05, 4.69) is 22.9 Å². The molecule has 2 aliphatic heterocycles. The molecule has 1 aromatic carbocycles. The number of aryl methyl sites for hydroxylation is 1. The third-order valence-electron chi connectivity index (χ3n) is 5.68. The van der Waals surface area contributed by atoms with Crippen LogP contribution in [0.5, 0.6) is 0 Å². The first kappa shape index (κ1) is 19.7. The molecule has 0 radical (unpaired) electrons. The number of carbonyl (C=O) groups is 1. The Balaban J connectivity index is 1.37. The SMILES string of the molecule is C=C1CCc2cc(/C=C/C(=O)N3CCC(O)(c4ccc(Cl)cc4)CC3)cnc2N1. The maximum absolute atomic E-state index is 12.6. The summed E-state index contributed by atoms with van der Waals surface area (Å²) in [6.07, 6.45) is 7.95. The lowest BCUT2D eigenvalue weighted by Gasteiger charge is -2.38. The van der Waals surface area contributed by atoms with E-state index in [0.717, 1.165) is 41.0 Å². The van der Waals surface area contributed by atoms with Crippen LogP contribution in [0.4, 0.5) is 5.82 Å². The van der Waals surface area contributed by atoms with Gasteiger partial charge in [-0.2, -0.15) is 0 Å². The predicted octanol–water partition coefficient (Wildman–Crippen LogP) is 4.13. The van der Waals surface area contributed by atoms with E-state index >= 15 is 0 Å². The van der Waals surface area contributed by atoms with E-state index in [1.165, 1.54) is 0 Å². The molecular formula is C23H24ClN3O2. The second-order valence-electron chi connectivity index (χ2n) is 7.70. The van der Waals surface area contributed by atoms with Crippen molar-refractivity contribution >= 4 is 29.4 Å². The lowest BCUT2D eigenvalue weighted by Crippen LogP contribution is -2.44. The number of halogens is 1. The number of carbonyl (C=O) groups excluding carboxylic acids is 1. The van der Waals surface area contributed by atoms with Crippen molar-refractivity contribution in [2.45, 2.75) is 31.3 Å². The van der Waals surface area contributed by atoms with E-state index in [0.29, 0.717) is 31.0 Å². The highest BCUT2D eigenvalue weighted by molar-refractivity contribution is 6.30. The summed E-state index contributed by atoms with van der Waals surface area (Å²) in [5, 5.41) is 14.8. The minimum atomic E-state index is -0.912. The number of anilines is 1. The fourth-order valence-electron chi connectivity index (χ4n) is 3.86. The third kappa shape index (κ3) is 4.36. The van der Waals surface area contributed by atoms with Crippen LogP contribution in [0, 0.1) is 0 Å². The van der Waals surface area contributed by atoms with Gasteiger partial charge in [0.05, 0.1) is 5.60 Å². The van der Waals surface area contributed by atoms with Crippen molar-refractivity contribution in [1.82, 2.24) is 9.88 Å². The molecule has 4 rings (SSSR count). The highest BCUT2D eigenvalue weighted by Crippen LogP contribution is 2.33. The van der Waals surface area contributed by atoms with Crippen LogP contribution in [0.1, 0.15) is 36.0 Å². The van der Waals surface area contributed by atoms with Crippen molar-refractivity contribution in [1.29, 1.82) is 0 Å². The molecule has 0 atom stereocenters. The topological polar surface area (TPSA) is 65.5 Å². The molecule has 5 nitrogen and oxygen atoms in total. The Bertz CT molecular complexity index is 961. The number of fused-ring (bicyclic) bond motifs is 1. The molecule has 0 aliphatic carbocycles. The molecule has 0 unspecified atom stereocenters. The monoisotopic (exact) mass is 409 g/mol. The molecule has 1 amide bonds. The number of aromatic nitrogens is 1. The van der Waals surface area contributed by atoms with Crippen LogP contribution in [0.2, 0.25) is 5.02 Å². The van der Waals surface area contributed by atoms with E-state index in [9.17, 15) is 9.90 Å². The number of amides is 1. The molecule has 1 saturated heterocycles. The van der Waals surface area contributed by atoms with Crippen LogP contribution in [-0.4, -0.2) is 34.0 Å². The zero-order valence-electron chi connectivity index (χ0n) is 16.2. The molecule has 6 heteroatoms. The van der Waals surface area contributed by atoms with Gasteiger partial charge >= 0.3 is 0 Å². The lowest BCUT2D eigenvalue weighted by molar-refractivity contribution is -0.130. The molecule has 1 aromatic heterocycles. The maximum Gasteiger partial charge on any atom is 0.246 e. The molecule has 2 aromatic rings. The molecule has 150 valence electrons. The second-order valence-corrected chi connectivity index (χ2v) is 8.14. The molecule has 0 saturated carbocycles. The number of rotatable bonds is 3. The van der Waals surface area contributed by atoms with Crippen LogP contribution >= 0.6 is 11.6 Å². The number of benzene rings is 1. The van der Waals surface area contributed by atoms with Crippen molar-refractivity contribution in [2.75, 3.05) is 18.4 Å². The zero-order valence-corrected chi connectivity index (χ0v) is 17.0. The number of hydrogen-bond acceptors (Lipinski definition) is 4. The highest BCUT2D eigenvalue weighted by Gasteiger charge is 2.34. The van der Waals surface area contributed by atoms with E-state index in [-0.39, 0.29) is 5.91 Å². The van der Waals surface area contributed by atoms with Gasteiger partial charge in [0.1, 0.15) is 5.82 Å². The normalized spacial score (nSPS) is 18.4. The van der Waals surface area contributed by atoms with Crippen molar-refractivity contribution in [3.63, 3.8) is 0 Å². The average molecular weight is 410 g/mol. The summed E-state index contributed by atoms with van der Waals surface area (Å²) < 4.78 is 0. The minimum Gasteiger partial charge on any atom is -0.385 e. The summed E-state index contributed by atoms with van der Waals surface area (Å²) in [5.74, 6) is 0.801. The van der Waals surface area contributed by atoms with E-state index in [1.807, 2.05) is 12.1 Å². The fourth-order valence-corrected chi connectivity index (χ4v) is 3.98. The fraction of sp³-hybridized carbons (Fsp3) is 0.304. The molecule has 0 bridgehead atoms. The Morgan fingerprint density at radius 3 is 2.69 bits per heavy atom. The Morgan fingerprint density at radius 1 is 1.24 bits per heavy atom. The highest BCUT2D eigenvalue weighted by atomic mass is 35.5. The van der Waals surface area contributed by atoms with Crippen LogP contribution in [0.3, 0.4) is 0 Å². The summed E-state index contributed by atoms with van der Waals surface area (Å²) in [5.41, 5.74) is 2.96. The van der Waals surface area contributed by atoms with Gasteiger partial charge in [-0.25, -0.2) is 4.98 Å². The Morgan fingerprint density at radius 2 is 1.97 bits per heavy atom. The molecule has 0 spiro atoms. The first-order chi connectivity index (χ1) is 13.9. The van der Waals surface area contributed by atoms with E-state index in [4.69, 9.17) is 11.6 Å². The Labute approximate surface area is 175 Å². The van der Waals surface area contributed by atoms with Crippen LogP contribution in [0.15, 0.2) is 54.9 Å². The molecular weight excluding hydrogens is 386 g/mol. The lowest BCUT2D eigenvalue weighted by atomic mass is 9.84. The molecule has 3 heterocycles.